The maximum absolute atomic E-state index is 11.7. The van der Waals surface area contributed by atoms with Gasteiger partial charge < -0.3 is 29.9 Å². The molecule has 24 heavy (non-hydrogen) atoms. The van der Waals surface area contributed by atoms with E-state index in [4.69, 9.17) is 9.47 Å². The third kappa shape index (κ3) is 3.09. The third-order valence-electron chi connectivity index (χ3n) is 4.34. The van der Waals surface area contributed by atoms with E-state index in [1.54, 1.807) is 18.2 Å². The van der Waals surface area contributed by atoms with E-state index in [-0.39, 0.29) is 12.2 Å². The van der Waals surface area contributed by atoms with Crippen molar-refractivity contribution in [2.24, 2.45) is 0 Å². The van der Waals surface area contributed by atoms with E-state index < -0.39 is 37.3 Å². The van der Waals surface area contributed by atoms with Gasteiger partial charge in [0.25, 0.3) is 0 Å². The molecule has 7 nitrogen and oxygen atoms in total. The van der Waals surface area contributed by atoms with Crippen LogP contribution in [0.2, 0.25) is 0 Å². The first-order valence-electron chi connectivity index (χ1n) is 7.72. The summed E-state index contributed by atoms with van der Waals surface area (Å²) in [5, 5.41) is 38.7. The maximum atomic E-state index is 11.7. The monoisotopic (exact) mass is 336 g/mol. The summed E-state index contributed by atoms with van der Waals surface area (Å²) in [5.74, 6) is 0.366. The molecular weight excluding hydrogens is 316 g/mol. The lowest BCUT2D eigenvalue weighted by molar-refractivity contribution is -0.277. The molecule has 0 saturated carbocycles. The van der Waals surface area contributed by atoms with E-state index in [1.165, 1.54) is 0 Å². The van der Waals surface area contributed by atoms with Crippen LogP contribution in [0.4, 0.5) is 0 Å². The molecule has 1 fully saturated rings. The minimum absolute atomic E-state index is 0.00462. The zero-order valence-corrected chi connectivity index (χ0v) is 13.1. The number of ketones is 1. The molecule has 1 aromatic carbocycles. The van der Waals surface area contributed by atoms with Gasteiger partial charge in [0.05, 0.1) is 6.61 Å². The van der Waals surface area contributed by atoms with Gasteiger partial charge in [-0.2, -0.15) is 0 Å². The highest BCUT2D eigenvalue weighted by Crippen LogP contribution is 2.30. The number of aliphatic hydroxyl groups is 4. The molecule has 4 N–H and O–H groups in total. The van der Waals surface area contributed by atoms with Gasteiger partial charge in [0.15, 0.2) is 5.78 Å². The van der Waals surface area contributed by atoms with Crippen molar-refractivity contribution in [1.29, 1.82) is 0 Å². The highest BCUT2D eigenvalue weighted by Gasteiger charge is 2.44. The number of carbonyl (C=O) groups excluding carboxylic acids is 1. The summed E-state index contributed by atoms with van der Waals surface area (Å²) in [5.41, 5.74) is 2.64. The average molecular weight is 336 g/mol. The van der Waals surface area contributed by atoms with Crippen molar-refractivity contribution in [3.8, 4) is 5.75 Å². The second kappa shape index (κ2) is 6.62. The van der Waals surface area contributed by atoms with Crippen LogP contribution in [0.3, 0.4) is 0 Å². The van der Waals surface area contributed by atoms with Gasteiger partial charge in [-0.1, -0.05) is 6.07 Å². The van der Waals surface area contributed by atoms with Crippen molar-refractivity contribution in [3.63, 3.8) is 0 Å². The lowest BCUT2D eigenvalue weighted by Crippen LogP contribution is -2.60. The van der Waals surface area contributed by atoms with Crippen molar-refractivity contribution in [1.82, 2.24) is 0 Å². The molecular formula is C17H20O7. The molecule has 1 heterocycles. The summed E-state index contributed by atoms with van der Waals surface area (Å²) in [4.78, 5) is 11.7. The van der Waals surface area contributed by atoms with Gasteiger partial charge in [-0.25, -0.2) is 0 Å². The number of fused-ring (bicyclic) bond motifs is 1. The molecule has 1 saturated heterocycles. The number of hydrogen-bond donors (Lipinski definition) is 4. The van der Waals surface area contributed by atoms with Crippen molar-refractivity contribution in [2.45, 2.75) is 44.1 Å². The van der Waals surface area contributed by atoms with Crippen molar-refractivity contribution < 1.29 is 34.7 Å². The van der Waals surface area contributed by atoms with Gasteiger partial charge >= 0.3 is 0 Å². The Hall–Kier alpha value is -1.77. The number of allylic oxidation sites excluding steroid dienone is 2. The molecule has 130 valence electrons. The van der Waals surface area contributed by atoms with Crippen molar-refractivity contribution >= 4 is 11.4 Å². The number of benzene rings is 1. The van der Waals surface area contributed by atoms with Gasteiger partial charge in [-0.05, 0) is 41.8 Å². The van der Waals surface area contributed by atoms with Crippen LogP contribution in [-0.2, 0) is 16.0 Å². The molecule has 0 bridgehead atoms. The molecule has 1 aliphatic heterocycles. The third-order valence-corrected chi connectivity index (χ3v) is 4.34. The number of hydrogen-bond acceptors (Lipinski definition) is 7. The summed E-state index contributed by atoms with van der Waals surface area (Å²) < 4.78 is 10.9. The van der Waals surface area contributed by atoms with Crippen LogP contribution in [0.5, 0.6) is 5.75 Å². The predicted molar refractivity (Wildman–Crippen MR) is 83.2 cm³/mol. The Morgan fingerprint density at radius 2 is 1.96 bits per heavy atom. The second-order valence-electron chi connectivity index (χ2n) is 6.10. The second-order valence-corrected chi connectivity index (χ2v) is 6.10. The zero-order valence-electron chi connectivity index (χ0n) is 13.1. The first-order valence-corrected chi connectivity index (χ1v) is 7.72. The van der Waals surface area contributed by atoms with Crippen LogP contribution >= 0.6 is 0 Å². The van der Waals surface area contributed by atoms with Gasteiger partial charge in [-0.3, -0.25) is 4.79 Å². The van der Waals surface area contributed by atoms with E-state index in [0.29, 0.717) is 5.75 Å². The average Bonchev–Trinajstić information content (AvgIpc) is 2.55. The Labute approximate surface area is 138 Å². The molecule has 1 aliphatic carbocycles. The van der Waals surface area contributed by atoms with Gasteiger partial charge in [0.1, 0.15) is 30.2 Å². The SMILES string of the molecule is CC1=CC(=O)Cc2cc(O[C@@H]3O[C@H](CO)[C@H](O)[C@H](O)[C@H]3O)ccc21. The van der Waals surface area contributed by atoms with Crippen LogP contribution in [0.25, 0.3) is 5.57 Å². The van der Waals surface area contributed by atoms with Crippen molar-refractivity contribution in [3.05, 3.63) is 35.4 Å². The number of carbonyl (C=O) groups is 1. The largest absolute Gasteiger partial charge is 0.462 e. The summed E-state index contributed by atoms with van der Waals surface area (Å²) >= 11 is 0. The van der Waals surface area contributed by atoms with Crippen LogP contribution in [0.1, 0.15) is 18.1 Å². The van der Waals surface area contributed by atoms with Crippen LogP contribution in [-0.4, -0.2) is 63.5 Å². The predicted octanol–water partition coefficient (Wildman–Crippen LogP) is -0.606. The molecule has 0 aromatic heterocycles. The van der Waals surface area contributed by atoms with E-state index in [2.05, 4.69) is 0 Å². The van der Waals surface area contributed by atoms with Crippen LogP contribution < -0.4 is 4.74 Å². The molecule has 1 aromatic rings. The molecule has 5 atom stereocenters. The van der Waals surface area contributed by atoms with E-state index in [1.807, 2.05) is 13.0 Å². The lowest BCUT2D eigenvalue weighted by Gasteiger charge is -2.39. The Kier molecular flexibility index (Phi) is 4.71. The van der Waals surface area contributed by atoms with E-state index in [9.17, 15) is 25.2 Å². The Bertz CT molecular complexity index is 667. The van der Waals surface area contributed by atoms with Gasteiger partial charge in [-0.15, -0.1) is 0 Å². The number of ether oxygens (including phenoxy) is 2. The van der Waals surface area contributed by atoms with E-state index >= 15 is 0 Å². The minimum atomic E-state index is -1.50. The Balaban J connectivity index is 1.80. The first kappa shape index (κ1) is 17.1. The standard InChI is InChI=1S/C17H20O7/c1-8-4-10(19)5-9-6-11(2-3-12(8)9)23-17-16(22)15(21)14(20)13(7-18)24-17/h2-4,6,13-18,20-22H,5,7H2,1H3/t13-,14+,15+,16-,17-/m1/s1. The fourth-order valence-electron chi connectivity index (χ4n) is 3.03. The molecule has 2 aliphatic rings. The Morgan fingerprint density at radius 3 is 2.67 bits per heavy atom. The maximum Gasteiger partial charge on any atom is 0.229 e. The van der Waals surface area contributed by atoms with E-state index in [0.717, 1.165) is 16.7 Å². The van der Waals surface area contributed by atoms with Gasteiger partial charge in [0.2, 0.25) is 6.29 Å². The number of rotatable bonds is 3. The minimum Gasteiger partial charge on any atom is -0.462 e. The molecule has 7 heteroatoms. The normalized spacial score (nSPS) is 33.0. The Morgan fingerprint density at radius 1 is 1.21 bits per heavy atom. The van der Waals surface area contributed by atoms with Crippen molar-refractivity contribution in [2.75, 3.05) is 6.61 Å². The highest BCUT2D eigenvalue weighted by atomic mass is 16.7. The summed E-state index contributed by atoms with van der Waals surface area (Å²) in [6, 6.07) is 5.17. The van der Waals surface area contributed by atoms with Crippen LogP contribution in [0, 0.1) is 0 Å². The van der Waals surface area contributed by atoms with Gasteiger partial charge in [0, 0.05) is 6.42 Å². The highest BCUT2D eigenvalue weighted by molar-refractivity contribution is 6.01. The molecule has 3 rings (SSSR count). The zero-order chi connectivity index (χ0) is 17.4. The van der Waals surface area contributed by atoms with Crippen LogP contribution in [0.15, 0.2) is 24.3 Å². The smallest absolute Gasteiger partial charge is 0.229 e. The topological polar surface area (TPSA) is 116 Å². The lowest BCUT2D eigenvalue weighted by atomic mass is 9.91. The molecule has 0 radical (unpaired) electrons. The molecule has 0 unspecified atom stereocenters. The summed E-state index contributed by atoms with van der Waals surface area (Å²) in [6.45, 7) is 1.33. The molecule has 0 spiro atoms. The fourth-order valence-corrected chi connectivity index (χ4v) is 3.03. The first-order chi connectivity index (χ1) is 11.4. The summed E-state index contributed by atoms with van der Waals surface area (Å²) in [7, 11) is 0. The summed E-state index contributed by atoms with van der Waals surface area (Å²) in [6.07, 6.45) is -4.81. The molecule has 0 amide bonds. The fraction of sp³-hybridized carbons (Fsp3) is 0.471. The number of aliphatic hydroxyl groups excluding tert-OH is 4. The quantitative estimate of drug-likeness (QED) is 0.582.